The lowest BCUT2D eigenvalue weighted by atomic mass is 9.91. The number of carbonyl (C=O) groups is 1. The Morgan fingerprint density at radius 1 is 1.30 bits per heavy atom. The van der Waals surface area contributed by atoms with E-state index in [1.54, 1.807) is 19.4 Å². The van der Waals surface area contributed by atoms with Crippen molar-refractivity contribution in [2.75, 3.05) is 25.5 Å². The molecule has 0 radical (unpaired) electrons. The number of pyridine rings is 2. The first-order valence-corrected chi connectivity index (χ1v) is 9.15. The largest absolute Gasteiger partial charge is 0.496 e. The van der Waals surface area contributed by atoms with E-state index in [0.29, 0.717) is 23.0 Å². The minimum atomic E-state index is -0.262. The molecule has 0 atom stereocenters. The lowest BCUT2D eigenvalue weighted by Crippen LogP contribution is -2.26. The van der Waals surface area contributed by atoms with Gasteiger partial charge < -0.3 is 19.8 Å². The third-order valence-electron chi connectivity index (χ3n) is 4.98. The van der Waals surface area contributed by atoms with Crippen LogP contribution >= 0.6 is 0 Å². The van der Waals surface area contributed by atoms with Gasteiger partial charge in [-0.25, -0.2) is 9.97 Å². The molecule has 0 unspecified atom stereocenters. The first-order chi connectivity index (χ1) is 13.1. The molecule has 27 heavy (non-hydrogen) atoms. The molecule has 140 valence electrons. The molecule has 4 rings (SSSR count). The van der Waals surface area contributed by atoms with E-state index >= 15 is 0 Å². The summed E-state index contributed by atoms with van der Waals surface area (Å²) in [7, 11) is 1.55. The number of methoxy groups -OCH3 is 1. The van der Waals surface area contributed by atoms with Crippen molar-refractivity contribution >= 4 is 17.4 Å². The van der Waals surface area contributed by atoms with Gasteiger partial charge in [0, 0.05) is 24.7 Å². The highest BCUT2D eigenvalue weighted by Gasteiger charge is 2.17. The summed E-state index contributed by atoms with van der Waals surface area (Å²) in [6.07, 6.45) is 7.71. The number of piperidine rings is 1. The molecule has 1 aliphatic rings. The number of nitrogens with zero attached hydrogens (tertiary/aromatic N) is 3. The van der Waals surface area contributed by atoms with Gasteiger partial charge in [0.1, 0.15) is 17.2 Å². The van der Waals surface area contributed by atoms with E-state index in [1.165, 1.54) is 5.56 Å². The normalized spacial score (nSPS) is 15.0. The maximum Gasteiger partial charge on any atom is 0.262 e. The van der Waals surface area contributed by atoms with Crippen molar-refractivity contribution in [3.05, 3.63) is 53.6 Å². The molecule has 4 heterocycles. The minimum absolute atomic E-state index is 0.262. The van der Waals surface area contributed by atoms with Gasteiger partial charge in [0.2, 0.25) is 0 Å². The van der Waals surface area contributed by atoms with Crippen LogP contribution in [0.5, 0.6) is 5.75 Å². The van der Waals surface area contributed by atoms with Crippen LogP contribution in [-0.4, -0.2) is 40.5 Å². The SMILES string of the molecule is COc1cc2nc(C)cn2cc1C(=O)Nc1ccc(C2CCNCC2)cn1. The van der Waals surface area contributed by atoms with Gasteiger partial charge in [-0.05, 0) is 50.4 Å². The number of amides is 1. The van der Waals surface area contributed by atoms with Crippen molar-refractivity contribution in [2.45, 2.75) is 25.7 Å². The molecule has 0 aliphatic carbocycles. The Labute approximate surface area is 157 Å². The second-order valence-corrected chi connectivity index (χ2v) is 6.86. The van der Waals surface area contributed by atoms with Crippen molar-refractivity contribution in [3.63, 3.8) is 0 Å². The van der Waals surface area contributed by atoms with Crippen LogP contribution in [0, 0.1) is 6.92 Å². The van der Waals surface area contributed by atoms with Gasteiger partial charge in [-0.3, -0.25) is 4.79 Å². The molecule has 1 saturated heterocycles. The van der Waals surface area contributed by atoms with Gasteiger partial charge in [0.15, 0.2) is 0 Å². The number of fused-ring (bicyclic) bond motifs is 1. The zero-order chi connectivity index (χ0) is 18.8. The zero-order valence-corrected chi connectivity index (χ0v) is 15.5. The Morgan fingerprint density at radius 2 is 2.11 bits per heavy atom. The number of rotatable bonds is 4. The first-order valence-electron chi connectivity index (χ1n) is 9.15. The summed E-state index contributed by atoms with van der Waals surface area (Å²) in [5.74, 6) is 1.29. The summed E-state index contributed by atoms with van der Waals surface area (Å²) in [5, 5.41) is 6.23. The van der Waals surface area contributed by atoms with E-state index in [2.05, 4.69) is 26.7 Å². The predicted octanol–water partition coefficient (Wildman–Crippen LogP) is 2.77. The number of imidazole rings is 1. The van der Waals surface area contributed by atoms with Gasteiger partial charge in [-0.2, -0.15) is 0 Å². The molecule has 2 N–H and O–H groups in total. The minimum Gasteiger partial charge on any atom is -0.496 e. The maximum absolute atomic E-state index is 12.8. The van der Waals surface area contributed by atoms with Gasteiger partial charge >= 0.3 is 0 Å². The van der Waals surface area contributed by atoms with Crippen molar-refractivity contribution < 1.29 is 9.53 Å². The number of nitrogens with one attached hydrogen (secondary N) is 2. The number of aryl methyl sites for hydroxylation is 1. The quantitative estimate of drug-likeness (QED) is 0.743. The summed E-state index contributed by atoms with van der Waals surface area (Å²) in [5.41, 5.74) is 3.28. The van der Waals surface area contributed by atoms with Crippen molar-refractivity contribution in [1.29, 1.82) is 0 Å². The average Bonchev–Trinajstić information content (AvgIpc) is 3.07. The molecule has 1 aliphatic heterocycles. The van der Waals surface area contributed by atoms with Crippen LogP contribution in [0.15, 0.2) is 36.8 Å². The fourth-order valence-electron chi connectivity index (χ4n) is 3.54. The zero-order valence-electron chi connectivity index (χ0n) is 15.5. The highest BCUT2D eigenvalue weighted by molar-refractivity contribution is 6.05. The maximum atomic E-state index is 12.8. The Balaban J connectivity index is 1.54. The average molecular weight is 365 g/mol. The second-order valence-electron chi connectivity index (χ2n) is 6.86. The molecule has 1 fully saturated rings. The summed E-state index contributed by atoms with van der Waals surface area (Å²) in [4.78, 5) is 21.6. The predicted molar refractivity (Wildman–Crippen MR) is 104 cm³/mol. The summed E-state index contributed by atoms with van der Waals surface area (Å²) >= 11 is 0. The molecule has 0 saturated carbocycles. The van der Waals surface area contributed by atoms with E-state index < -0.39 is 0 Å². The van der Waals surface area contributed by atoms with Crippen LogP contribution in [-0.2, 0) is 0 Å². The van der Waals surface area contributed by atoms with Crippen LogP contribution in [0.4, 0.5) is 5.82 Å². The molecule has 0 spiro atoms. The fourth-order valence-corrected chi connectivity index (χ4v) is 3.54. The Kier molecular flexibility index (Phi) is 4.77. The van der Waals surface area contributed by atoms with Gasteiger partial charge in [-0.1, -0.05) is 6.07 Å². The number of anilines is 1. The number of carbonyl (C=O) groups excluding carboxylic acids is 1. The Hall–Kier alpha value is -2.93. The smallest absolute Gasteiger partial charge is 0.262 e. The van der Waals surface area contributed by atoms with E-state index in [-0.39, 0.29) is 5.91 Å². The molecule has 0 bridgehead atoms. The highest BCUT2D eigenvalue weighted by atomic mass is 16.5. The van der Waals surface area contributed by atoms with Crippen molar-refractivity contribution in [2.24, 2.45) is 0 Å². The van der Waals surface area contributed by atoms with Gasteiger partial charge in [0.25, 0.3) is 5.91 Å². The number of hydrogen-bond acceptors (Lipinski definition) is 5. The molecule has 3 aromatic heterocycles. The van der Waals surface area contributed by atoms with Crippen molar-refractivity contribution in [3.8, 4) is 5.75 Å². The Morgan fingerprint density at radius 3 is 2.81 bits per heavy atom. The van der Waals surface area contributed by atoms with Crippen LogP contribution in [0.25, 0.3) is 5.65 Å². The van der Waals surface area contributed by atoms with Crippen LogP contribution < -0.4 is 15.4 Å². The van der Waals surface area contributed by atoms with Crippen LogP contribution in [0.2, 0.25) is 0 Å². The standard InChI is InChI=1S/C20H23N5O2/c1-13-11-25-12-16(17(27-2)9-19(25)23-13)20(26)24-18-4-3-15(10-22-18)14-5-7-21-8-6-14/h3-4,9-12,14,21H,5-8H2,1-2H3,(H,22,24,26). The summed E-state index contributed by atoms with van der Waals surface area (Å²) in [6, 6.07) is 5.68. The second kappa shape index (κ2) is 7.36. The molecular weight excluding hydrogens is 342 g/mol. The first kappa shape index (κ1) is 17.5. The molecule has 3 aromatic rings. The lowest BCUT2D eigenvalue weighted by Gasteiger charge is -2.22. The number of hydrogen-bond donors (Lipinski definition) is 2. The molecular formula is C20H23N5O2. The number of ether oxygens (including phenoxy) is 1. The van der Waals surface area contributed by atoms with E-state index in [4.69, 9.17) is 4.74 Å². The molecule has 7 heteroatoms. The fraction of sp³-hybridized carbons (Fsp3) is 0.350. The van der Waals surface area contributed by atoms with Gasteiger partial charge in [-0.15, -0.1) is 0 Å². The lowest BCUT2D eigenvalue weighted by molar-refractivity contribution is 0.102. The Bertz CT molecular complexity index is 958. The third-order valence-corrected chi connectivity index (χ3v) is 4.98. The number of aromatic nitrogens is 3. The summed E-state index contributed by atoms with van der Waals surface area (Å²) in [6.45, 7) is 3.99. The topological polar surface area (TPSA) is 80.5 Å². The van der Waals surface area contributed by atoms with E-state index in [1.807, 2.05) is 29.8 Å². The highest BCUT2D eigenvalue weighted by Crippen LogP contribution is 2.26. The van der Waals surface area contributed by atoms with Crippen LogP contribution in [0.1, 0.15) is 40.4 Å². The van der Waals surface area contributed by atoms with Crippen molar-refractivity contribution in [1.82, 2.24) is 19.7 Å². The molecule has 1 amide bonds. The van der Waals surface area contributed by atoms with E-state index in [0.717, 1.165) is 37.3 Å². The molecule has 7 nitrogen and oxygen atoms in total. The van der Waals surface area contributed by atoms with Gasteiger partial charge in [0.05, 0.1) is 18.4 Å². The van der Waals surface area contributed by atoms with E-state index in [9.17, 15) is 4.79 Å². The van der Waals surface area contributed by atoms with Crippen LogP contribution in [0.3, 0.4) is 0 Å². The molecule has 0 aromatic carbocycles. The summed E-state index contributed by atoms with van der Waals surface area (Å²) < 4.78 is 7.20. The monoisotopic (exact) mass is 365 g/mol. The third kappa shape index (κ3) is 3.64.